The van der Waals surface area contributed by atoms with Crippen LogP contribution in [0.4, 0.5) is 4.39 Å². The minimum atomic E-state index is -0.562. The van der Waals surface area contributed by atoms with Crippen molar-refractivity contribution >= 4 is 11.6 Å². The molecule has 15 heavy (non-hydrogen) atoms. The first kappa shape index (κ1) is 10.9. The Bertz CT molecular complexity index is 338. The van der Waals surface area contributed by atoms with E-state index in [-0.39, 0.29) is 11.7 Å². The molecule has 1 aromatic carbocycles. The van der Waals surface area contributed by atoms with E-state index in [0.29, 0.717) is 23.6 Å². The first-order chi connectivity index (χ1) is 7.20. The van der Waals surface area contributed by atoms with Crippen molar-refractivity contribution in [3.05, 3.63) is 34.6 Å². The lowest BCUT2D eigenvalue weighted by atomic mass is 9.87. The molecule has 0 bridgehead atoms. The van der Waals surface area contributed by atoms with Gasteiger partial charge in [-0.3, -0.25) is 0 Å². The third-order valence-electron chi connectivity index (χ3n) is 2.82. The van der Waals surface area contributed by atoms with E-state index < -0.39 is 6.10 Å². The molecular weight excluding hydrogens is 217 g/mol. The number of aliphatic hydroxyl groups excluding tert-OH is 1. The maximum absolute atomic E-state index is 13.6. The van der Waals surface area contributed by atoms with E-state index in [1.807, 2.05) is 0 Å². The lowest BCUT2D eigenvalue weighted by molar-refractivity contribution is 0.117. The Balaban J connectivity index is 2.35. The van der Waals surface area contributed by atoms with Crippen LogP contribution < -0.4 is 5.32 Å². The third-order valence-corrected chi connectivity index (χ3v) is 3.15. The zero-order valence-electron chi connectivity index (χ0n) is 8.21. The molecule has 4 heteroatoms. The third kappa shape index (κ3) is 2.14. The van der Waals surface area contributed by atoms with E-state index in [1.54, 1.807) is 12.1 Å². The van der Waals surface area contributed by atoms with Gasteiger partial charge in [0, 0.05) is 23.0 Å². The van der Waals surface area contributed by atoms with Gasteiger partial charge in [0.2, 0.25) is 0 Å². The number of rotatable bonds is 1. The quantitative estimate of drug-likeness (QED) is 0.771. The fourth-order valence-electron chi connectivity index (χ4n) is 2.04. The summed E-state index contributed by atoms with van der Waals surface area (Å²) in [5.74, 6) is -0.520. The van der Waals surface area contributed by atoms with Crippen LogP contribution in [-0.4, -0.2) is 24.3 Å². The average molecular weight is 230 g/mol. The number of β-amino-alcohol motifs (C(OH)–C–C–N with tert-alkyl or cyclic N) is 1. The number of hydrogen-bond donors (Lipinski definition) is 2. The van der Waals surface area contributed by atoms with Gasteiger partial charge in [-0.05, 0) is 25.1 Å². The number of halogens is 2. The summed E-state index contributed by atoms with van der Waals surface area (Å²) >= 11 is 5.96. The Morgan fingerprint density at radius 1 is 1.47 bits per heavy atom. The maximum Gasteiger partial charge on any atom is 0.128 e. The average Bonchev–Trinajstić information content (AvgIpc) is 2.20. The minimum Gasteiger partial charge on any atom is -0.391 e. The van der Waals surface area contributed by atoms with Crippen molar-refractivity contribution in [2.75, 3.05) is 13.1 Å². The summed E-state index contributed by atoms with van der Waals surface area (Å²) in [6.07, 6.45) is 0.148. The largest absolute Gasteiger partial charge is 0.391 e. The molecule has 82 valence electrons. The zero-order chi connectivity index (χ0) is 10.8. The Labute approximate surface area is 93.1 Å². The number of nitrogens with one attached hydrogen (secondary N) is 1. The van der Waals surface area contributed by atoms with Crippen LogP contribution in [0.25, 0.3) is 0 Å². The van der Waals surface area contributed by atoms with Crippen LogP contribution in [0.15, 0.2) is 18.2 Å². The van der Waals surface area contributed by atoms with Crippen LogP contribution in [0.3, 0.4) is 0 Å². The monoisotopic (exact) mass is 229 g/mol. The molecule has 1 heterocycles. The second-order valence-corrected chi connectivity index (χ2v) is 4.21. The van der Waals surface area contributed by atoms with Crippen molar-refractivity contribution in [1.82, 2.24) is 5.32 Å². The van der Waals surface area contributed by atoms with Crippen LogP contribution in [0.2, 0.25) is 5.02 Å². The zero-order valence-corrected chi connectivity index (χ0v) is 8.97. The summed E-state index contributed by atoms with van der Waals surface area (Å²) in [5, 5.41) is 13.2. The summed E-state index contributed by atoms with van der Waals surface area (Å²) in [7, 11) is 0. The molecule has 0 amide bonds. The lowest BCUT2D eigenvalue weighted by Crippen LogP contribution is -2.39. The van der Waals surface area contributed by atoms with Crippen molar-refractivity contribution < 1.29 is 9.50 Å². The van der Waals surface area contributed by atoms with Crippen molar-refractivity contribution in [3.63, 3.8) is 0 Å². The summed E-state index contributed by atoms with van der Waals surface area (Å²) in [4.78, 5) is 0. The van der Waals surface area contributed by atoms with E-state index in [0.717, 1.165) is 6.54 Å². The Hall–Kier alpha value is -0.640. The fourth-order valence-corrected chi connectivity index (χ4v) is 2.35. The number of hydrogen-bond acceptors (Lipinski definition) is 2. The first-order valence-corrected chi connectivity index (χ1v) is 5.40. The normalized spacial score (nSPS) is 26.6. The van der Waals surface area contributed by atoms with Gasteiger partial charge in [-0.2, -0.15) is 0 Å². The second kappa shape index (κ2) is 4.47. The van der Waals surface area contributed by atoms with Gasteiger partial charge in [-0.1, -0.05) is 17.7 Å². The van der Waals surface area contributed by atoms with Crippen molar-refractivity contribution in [3.8, 4) is 0 Å². The number of benzene rings is 1. The molecule has 1 aliphatic heterocycles. The van der Waals surface area contributed by atoms with E-state index in [1.165, 1.54) is 6.07 Å². The summed E-state index contributed by atoms with van der Waals surface area (Å²) in [6.45, 7) is 1.28. The molecule has 0 saturated carbocycles. The van der Waals surface area contributed by atoms with Gasteiger partial charge in [-0.15, -0.1) is 0 Å². The molecule has 0 aromatic heterocycles. The van der Waals surface area contributed by atoms with Crippen molar-refractivity contribution in [1.29, 1.82) is 0 Å². The summed E-state index contributed by atoms with van der Waals surface area (Å²) in [5.41, 5.74) is 0.452. The van der Waals surface area contributed by atoms with Gasteiger partial charge in [0.1, 0.15) is 5.82 Å². The van der Waals surface area contributed by atoms with Crippen molar-refractivity contribution in [2.45, 2.75) is 18.4 Å². The molecule has 1 fully saturated rings. The molecule has 2 nitrogen and oxygen atoms in total. The standard InChI is InChI=1S/C11H13ClFNO/c12-8-2-1-3-9(13)11(8)7-4-5-14-6-10(7)15/h1-3,7,10,14-15H,4-6H2. The van der Waals surface area contributed by atoms with Crippen molar-refractivity contribution in [2.24, 2.45) is 0 Å². The minimum absolute atomic E-state index is 0.194. The highest BCUT2D eigenvalue weighted by Crippen LogP contribution is 2.33. The highest BCUT2D eigenvalue weighted by molar-refractivity contribution is 6.31. The second-order valence-electron chi connectivity index (χ2n) is 3.80. The molecule has 1 aromatic rings. The molecule has 1 aliphatic rings. The Kier molecular flexibility index (Phi) is 3.24. The van der Waals surface area contributed by atoms with Gasteiger partial charge in [0.05, 0.1) is 6.10 Å². The van der Waals surface area contributed by atoms with Gasteiger partial charge >= 0.3 is 0 Å². The molecule has 0 radical (unpaired) electrons. The molecule has 2 rings (SSSR count). The smallest absolute Gasteiger partial charge is 0.128 e. The number of piperidine rings is 1. The van der Waals surface area contributed by atoms with E-state index in [2.05, 4.69) is 5.32 Å². The van der Waals surface area contributed by atoms with E-state index in [4.69, 9.17) is 11.6 Å². The van der Waals surface area contributed by atoms with Gasteiger partial charge in [-0.25, -0.2) is 4.39 Å². The SMILES string of the molecule is OC1CNCCC1c1c(F)cccc1Cl. The first-order valence-electron chi connectivity index (χ1n) is 5.03. The maximum atomic E-state index is 13.6. The predicted octanol–water partition coefficient (Wildman–Crippen LogP) is 1.92. The molecule has 2 N–H and O–H groups in total. The fraction of sp³-hybridized carbons (Fsp3) is 0.455. The molecule has 0 aliphatic carbocycles. The van der Waals surface area contributed by atoms with Crippen LogP contribution in [0, 0.1) is 5.82 Å². The molecule has 2 atom stereocenters. The predicted molar refractivity (Wildman–Crippen MR) is 57.6 cm³/mol. The molecular formula is C11H13ClFNO. The highest BCUT2D eigenvalue weighted by Gasteiger charge is 2.28. The highest BCUT2D eigenvalue weighted by atomic mass is 35.5. The molecule has 1 saturated heterocycles. The Morgan fingerprint density at radius 3 is 2.93 bits per heavy atom. The number of aliphatic hydroxyl groups is 1. The molecule has 0 spiro atoms. The van der Waals surface area contributed by atoms with Gasteiger partial charge < -0.3 is 10.4 Å². The van der Waals surface area contributed by atoms with Gasteiger partial charge in [0.25, 0.3) is 0 Å². The van der Waals surface area contributed by atoms with E-state index >= 15 is 0 Å². The van der Waals surface area contributed by atoms with Gasteiger partial charge in [0.15, 0.2) is 0 Å². The van der Waals surface area contributed by atoms with Crippen LogP contribution >= 0.6 is 11.6 Å². The summed E-state index contributed by atoms with van der Waals surface area (Å²) in [6, 6.07) is 4.62. The van der Waals surface area contributed by atoms with Crippen LogP contribution in [0.5, 0.6) is 0 Å². The van der Waals surface area contributed by atoms with E-state index in [9.17, 15) is 9.50 Å². The van der Waals surface area contributed by atoms with Crippen LogP contribution in [-0.2, 0) is 0 Å². The lowest BCUT2D eigenvalue weighted by Gasteiger charge is -2.29. The Morgan fingerprint density at radius 2 is 2.27 bits per heavy atom. The molecule has 2 unspecified atom stereocenters. The van der Waals surface area contributed by atoms with Crippen LogP contribution in [0.1, 0.15) is 17.9 Å². The topological polar surface area (TPSA) is 32.3 Å². The summed E-state index contributed by atoms with van der Waals surface area (Å²) < 4.78 is 13.6.